The van der Waals surface area contributed by atoms with Gasteiger partial charge in [0, 0.05) is 43.7 Å². The molecule has 0 spiro atoms. The van der Waals surface area contributed by atoms with Crippen molar-refractivity contribution in [2.24, 2.45) is 0 Å². The van der Waals surface area contributed by atoms with E-state index >= 15 is 0 Å². The van der Waals surface area contributed by atoms with Crippen LogP contribution in [0.3, 0.4) is 0 Å². The zero-order valence-corrected chi connectivity index (χ0v) is 17.5. The highest BCUT2D eigenvalue weighted by Crippen LogP contribution is 2.31. The van der Waals surface area contributed by atoms with Gasteiger partial charge in [0.1, 0.15) is 11.6 Å². The Balaban J connectivity index is 0.00000205. The maximum absolute atomic E-state index is 13.1. The number of aromatic nitrogens is 4. The van der Waals surface area contributed by atoms with Gasteiger partial charge in [-0.2, -0.15) is 4.31 Å². The minimum Gasteiger partial charge on any atom is -0.312 e. The molecule has 1 saturated heterocycles. The van der Waals surface area contributed by atoms with Crippen molar-refractivity contribution in [3.05, 3.63) is 48.2 Å². The van der Waals surface area contributed by atoms with E-state index in [-0.39, 0.29) is 18.3 Å². The average Bonchev–Trinajstić information content (AvgIpc) is 3.17. The number of hydrogen-bond acceptors (Lipinski definition) is 6. The van der Waals surface area contributed by atoms with E-state index in [1.165, 1.54) is 0 Å². The van der Waals surface area contributed by atoms with Crippen LogP contribution in [0.1, 0.15) is 30.4 Å². The molecule has 0 bridgehead atoms. The molecule has 1 fully saturated rings. The molecule has 2 aliphatic rings. The third-order valence-corrected chi connectivity index (χ3v) is 7.58. The predicted octanol–water partition coefficient (Wildman–Crippen LogP) is 1.92. The van der Waals surface area contributed by atoms with Gasteiger partial charge in [-0.05, 0) is 37.1 Å². The van der Waals surface area contributed by atoms with Crippen LogP contribution in [-0.4, -0.2) is 52.1 Å². The quantitative estimate of drug-likeness (QED) is 0.677. The molecule has 5 rings (SSSR count). The van der Waals surface area contributed by atoms with Gasteiger partial charge in [-0.25, -0.2) is 8.42 Å². The summed E-state index contributed by atoms with van der Waals surface area (Å²) in [7, 11) is -3.51. The first kappa shape index (κ1) is 20.2. The minimum absolute atomic E-state index is 0. The maximum Gasteiger partial charge on any atom is 0.243 e. The smallest absolute Gasteiger partial charge is 0.243 e. The molecule has 0 radical (unpaired) electrons. The zero-order chi connectivity index (χ0) is 19.1. The Hall–Kier alpha value is -2.07. The Morgan fingerprint density at radius 1 is 1.07 bits per heavy atom. The Morgan fingerprint density at radius 3 is 2.72 bits per heavy atom. The van der Waals surface area contributed by atoms with Crippen LogP contribution in [0.5, 0.6) is 0 Å². The Labute approximate surface area is 175 Å². The lowest BCUT2D eigenvalue weighted by Gasteiger charge is -2.31. The predicted molar refractivity (Wildman–Crippen MR) is 111 cm³/mol. The fourth-order valence-electron chi connectivity index (χ4n) is 4.13. The second-order valence-corrected chi connectivity index (χ2v) is 9.28. The number of hydrogen-bond donors (Lipinski definition) is 1. The molecule has 1 N–H and O–H groups in total. The Morgan fingerprint density at radius 2 is 1.90 bits per heavy atom. The number of halogens is 1. The van der Waals surface area contributed by atoms with Gasteiger partial charge in [0.05, 0.1) is 17.0 Å². The van der Waals surface area contributed by atoms with Crippen LogP contribution < -0.4 is 5.32 Å². The molecule has 2 aromatic heterocycles. The molecule has 1 aromatic carbocycles. The highest BCUT2D eigenvalue weighted by atomic mass is 35.5. The summed E-state index contributed by atoms with van der Waals surface area (Å²) >= 11 is 0. The highest BCUT2D eigenvalue weighted by Gasteiger charge is 2.32. The normalized spacial score (nSPS) is 18.3. The summed E-state index contributed by atoms with van der Waals surface area (Å²) in [6, 6.07) is 8.84. The van der Waals surface area contributed by atoms with Crippen molar-refractivity contribution in [2.75, 3.05) is 19.6 Å². The van der Waals surface area contributed by atoms with Crippen LogP contribution in [0.15, 0.2) is 41.4 Å². The van der Waals surface area contributed by atoms with Gasteiger partial charge in [0.15, 0.2) is 0 Å². The third-order valence-electron chi connectivity index (χ3n) is 5.68. The van der Waals surface area contributed by atoms with E-state index in [0.717, 1.165) is 55.0 Å². The van der Waals surface area contributed by atoms with Gasteiger partial charge >= 0.3 is 0 Å². The van der Waals surface area contributed by atoms with Crippen molar-refractivity contribution >= 4 is 33.3 Å². The van der Waals surface area contributed by atoms with Gasteiger partial charge in [-0.1, -0.05) is 6.07 Å². The van der Waals surface area contributed by atoms with Crippen LogP contribution in [0.4, 0.5) is 0 Å². The maximum atomic E-state index is 13.1. The number of nitrogens with zero attached hydrogens (tertiary/aromatic N) is 5. The SMILES string of the molecule is Cl.O=S(=O)(c1ccc2ncccc2c1)N1CCC(c2nnc3n2CCNC3)CC1. The minimum atomic E-state index is -3.51. The van der Waals surface area contributed by atoms with E-state index in [4.69, 9.17) is 0 Å². The van der Waals surface area contributed by atoms with Crippen molar-refractivity contribution in [3.63, 3.8) is 0 Å². The summed E-state index contributed by atoms with van der Waals surface area (Å²) in [5.41, 5.74) is 0.797. The first-order valence-electron chi connectivity index (χ1n) is 9.60. The van der Waals surface area contributed by atoms with E-state index in [2.05, 4.69) is 25.1 Å². The zero-order valence-electron chi connectivity index (χ0n) is 15.9. The summed E-state index contributed by atoms with van der Waals surface area (Å²) in [6.45, 7) is 3.54. The van der Waals surface area contributed by atoms with Crippen molar-refractivity contribution in [1.29, 1.82) is 0 Å². The molecule has 4 heterocycles. The fourth-order valence-corrected chi connectivity index (χ4v) is 5.64. The van der Waals surface area contributed by atoms with Gasteiger partial charge in [-0.3, -0.25) is 4.98 Å². The van der Waals surface area contributed by atoms with Crippen LogP contribution in [-0.2, 0) is 23.1 Å². The Kier molecular flexibility index (Phi) is 5.56. The van der Waals surface area contributed by atoms with Crippen molar-refractivity contribution in [3.8, 4) is 0 Å². The lowest BCUT2D eigenvalue weighted by Crippen LogP contribution is -2.38. The third kappa shape index (κ3) is 3.63. The topological polar surface area (TPSA) is 93.0 Å². The molecular formula is C19H23ClN6O2S. The molecule has 10 heteroatoms. The molecule has 0 amide bonds. The average molecular weight is 435 g/mol. The number of pyridine rings is 1. The fraction of sp³-hybridized carbons (Fsp3) is 0.421. The van der Waals surface area contributed by atoms with Crippen molar-refractivity contribution in [2.45, 2.75) is 36.7 Å². The van der Waals surface area contributed by atoms with E-state index in [1.807, 2.05) is 12.1 Å². The van der Waals surface area contributed by atoms with E-state index < -0.39 is 10.0 Å². The molecule has 0 saturated carbocycles. The van der Waals surface area contributed by atoms with Gasteiger partial charge in [0.2, 0.25) is 10.0 Å². The molecule has 0 atom stereocenters. The molecule has 29 heavy (non-hydrogen) atoms. The molecule has 3 aromatic rings. The molecule has 8 nitrogen and oxygen atoms in total. The van der Waals surface area contributed by atoms with Gasteiger partial charge < -0.3 is 9.88 Å². The highest BCUT2D eigenvalue weighted by molar-refractivity contribution is 7.89. The molecular weight excluding hydrogens is 412 g/mol. The van der Waals surface area contributed by atoms with Crippen molar-refractivity contribution < 1.29 is 8.42 Å². The van der Waals surface area contributed by atoms with E-state index in [1.54, 1.807) is 28.7 Å². The van der Waals surface area contributed by atoms with Gasteiger partial charge in [0.25, 0.3) is 0 Å². The van der Waals surface area contributed by atoms with E-state index in [0.29, 0.717) is 18.0 Å². The van der Waals surface area contributed by atoms with Gasteiger partial charge in [-0.15, -0.1) is 22.6 Å². The van der Waals surface area contributed by atoms with Crippen molar-refractivity contribution in [1.82, 2.24) is 29.4 Å². The number of sulfonamides is 1. The monoisotopic (exact) mass is 434 g/mol. The molecule has 0 unspecified atom stereocenters. The second-order valence-electron chi connectivity index (χ2n) is 7.34. The van der Waals surface area contributed by atoms with E-state index in [9.17, 15) is 8.42 Å². The lowest BCUT2D eigenvalue weighted by molar-refractivity contribution is 0.307. The second kappa shape index (κ2) is 7.98. The summed E-state index contributed by atoms with van der Waals surface area (Å²) in [5.74, 6) is 2.23. The standard InChI is InChI=1S/C19H22N6O2S.ClH/c26-28(27,16-3-4-17-15(12-16)2-1-7-21-17)24-9-5-14(6-10-24)19-23-22-18-13-20-8-11-25(18)19;/h1-4,7,12,14,20H,5-6,8-11,13H2;1H. The van der Waals surface area contributed by atoms with Crippen LogP contribution >= 0.6 is 12.4 Å². The summed E-state index contributed by atoms with van der Waals surface area (Å²) in [6.07, 6.45) is 3.24. The number of fused-ring (bicyclic) bond motifs is 2. The first-order chi connectivity index (χ1) is 13.6. The van der Waals surface area contributed by atoms with Crippen LogP contribution in [0, 0.1) is 0 Å². The molecule has 2 aliphatic heterocycles. The lowest BCUT2D eigenvalue weighted by atomic mass is 9.97. The number of nitrogens with one attached hydrogen (secondary N) is 1. The number of piperidine rings is 1. The molecule has 0 aliphatic carbocycles. The number of rotatable bonds is 3. The first-order valence-corrected chi connectivity index (χ1v) is 11.0. The summed E-state index contributed by atoms with van der Waals surface area (Å²) in [5, 5.41) is 12.8. The summed E-state index contributed by atoms with van der Waals surface area (Å²) < 4.78 is 30.0. The van der Waals surface area contributed by atoms with Crippen LogP contribution in [0.2, 0.25) is 0 Å². The number of benzene rings is 1. The van der Waals surface area contributed by atoms with Crippen LogP contribution in [0.25, 0.3) is 10.9 Å². The molecule has 154 valence electrons. The Bertz CT molecular complexity index is 1120. The largest absolute Gasteiger partial charge is 0.312 e. The summed E-state index contributed by atoms with van der Waals surface area (Å²) in [4.78, 5) is 4.59.